The molecule has 1 unspecified atom stereocenters. The lowest BCUT2D eigenvalue weighted by atomic mass is 10.1. The highest BCUT2D eigenvalue weighted by Crippen LogP contribution is 2.33. The number of ether oxygens (including phenoxy) is 2. The summed E-state index contributed by atoms with van der Waals surface area (Å²) in [5.41, 5.74) is -0.568. The molecule has 1 fully saturated rings. The van der Waals surface area contributed by atoms with Crippen LogP contribution in [0, 0.1) is 5.92 Å². The van der Waals surface area contributed by atoms with Crippen LogP contribution in [-0.4, -0.2) is 30.8 Å². The molecule has 0 heterocycles. The molecule has 1 rings (SSSR count). The van der Waals surface area contributed by atoms with E-state index in [1.165, 1.54) is 20.0 Å². The van der Waals surface area contributed by atoms with E-state index in [1.807, 2.05) is 0 Å². The van der Waals surface area contributed by atoms with Crippen LogP contribution in [0.3, 0.4) is 0 Å². The Labute approximate surface area is 108 Å². The first-order valence-corrected chi connectivity index (χ1v) is 6.39. The lowest BCUT2D eigenvalue weighted by Gasteiger charge is -2.22. The van der Waals surface area contributed by atoms with E-state index >= 15 is 0 Å². The maximum Gasteiger partial charge on any atom is 0.408 e. The van der Waals surface area contributed by atoms with Gasteiger partial charge in [-0.1, -0.05) is 12.8 Å². The minimum Gasteiger partial charge on any atom is -0.467 e. The summed E-state index contributed by atoms with van der Waals surface area (Å²) < 4.78 is 9.81. The number of rotatable bonds is 5. The molecule has 1 amide bonds. The van der Waals surface area contributed by atoms with Gasteiger partial charge in [0.25, 0.3) is 0 Å². The summed E-state index contributed by atoms with van der Waals surface area (Å²) in [5, 5.41) is 2.57. The second-order valence-electron chi connectivity index (χ2n) is 5.74. The Hall–Kier alpha value is -1.26. The van der Waals surface area contributed by atoms with Crippen molar-refractivity contribution in [2.24, 2.45) is 5.92 Å². The SMILES string of the molecule is COC(=O)C(CCC1CC1)NC(=O)OC(C)(C)C. The number of carbonyl (C=O) groups is 2. The maximum absolute atomic E-state index is 11.6. The molecule has 104 valence electrons. The zero-order chi connectivity index (χ0) is 13.8. The van der Waals surface area contributed by atoms with Crippen molar-refractivity contribution >= 4 is 12.1 Å². The standard InChI is InChI=1S/C13H23NO4/c1-13(2,3)18-12(16)14-10(11(15)17-4)8-7-9-5-6-9/h9-10H,5-8H2,1-4H3,(H,14,16). The van der Waals surface area contributed by atoms with Gasteiger partial charge in [0, 0.05) is 0 Å². The van der Waals surface area contributed by atoms with Gasteiger partial charge in [-0.05, 0) is 39.5 Å². The number of carbonyl (C=O) groups excluding carboxylic acids is 2. The number of amides is 1. The van der Waals surface area contributed by atoms with Gasteiger partial charge in [-0.25, -0.2) is 9.59 Å². The lowest BCUT2D eigenvalue weighted by Crippen LogP contribution is -2.44. The summed E-state index contributed by atoms with van der Waals surface area (Å²) in [6.45, 7) is 5.35. The maximum atomic E-state index is 11.6. The van der Waals surface area contributed by atoms with Gasteiger partial charge in [0.2, 0.25) is 0 Å². The van der Waals surface area contributed by atoms with E-state index in [-0.39, 0.29) is 0 Å². The molecule has 0 aliphatic heterocycles. The quantitative estimate of drug-likeness (QED) is 0.767. The third-order valence-electron chi connectivity index (χ3n) is 2.74. The molecule has 1 N–H and O–H groups in total. The minimum atomic E-state index is -0.606. The second kappa shape index (κ2) is 6.07. The van der Waals surface area contributed by atoms with Crippen LogP contribution >= 0.6 is 0 Å². The summed E-state index contributed by atoms with van der Waals surface area (Å²) in [5.74, 6) is 0.291. The fraction of sp³-hybridized carbons (Fsp3) is 0.846. The van der Waals surface area contributed by atoms with Crippen molar-refractivity contribution in [3.05, 3.63) is 0 Å². The molecule has 1 saturated carbocycles. The van der Waals surface area contributed by atoms with Crippen LogP contribution in [0.2, 0.25) is 0 Å². The Kier molecular flexibility index (Phi) is 4.99. The molecule has 5 heteroatoms. The number of nitrogens with one attached hydrogen (secondary N) is 1. The molecule has 18 heavy (non-hydrogen) atoms. The molecule has 1 aliphatic carbocycles. The number of hydrogen-bond acceptors (Lipinski definition) is 4. The molecule has 0 saturated heterocycles. The van der Waals surface area contributed by atoms with Gasteiger partial charge in [0.15, 0.2) is 0 Å². The fourth-order valence-corrected chi connectivity index (χ4v) is 1.65. The highest BCUT2D eigenvalue weighted by atomic mass is 16.6. The zero-order valence-electron chi connectivity index (χ0n) is 11.6. The van der Waals surface area contributed by atoms with Crippen molar-refractivity contribution in [3.63, 3.8) is 0 Å². The summed E-state index contributed by atoms with van der Waals surface area (Å²) in [6, 6.07) is -0.606. The Morgan fingerprint density at radius 3 is 2.39 bits per heavy atom. The second-order valence-corrected chi connectivity index (χ2v) is 5.74. The smallest absolute Gasteiger partial charge is 0.408 e. The fourth-order valence-electron chi connectivity index (χ4n) is 1.65. The van der Waals surface area contributed by atoms with Crippen molar-refractivity contribution in [3.8, 4) is 0 Å². The Balaban J connectivity index is 2.43. The van der Waals surface area contributed by atoms with Crippen LogP contribution in [-0.2, 0) is 14.3 Å². The molecule has 0 aromatic carbocycles. The van der Waals surface area contributed by atoms with Crippen molar-refractivity contribution in [1.29, 1.82) is 0 Å². The molecule has 0 radical (unpaired) electrons. The monoisotopic (exact) mass is 257 g/mol. The summed E-state index contributed by atoms with van der Waals surface area (Å²) in [6.07, 6.45) is 3.42. The van der Waals surface area contributed by atoms with Gasteiger partial charge in [-0.2, -0.15) is 0 Å². The number of alkyl carbamates (subject to hydrolysis) is 1. The van der Waals surface area contributed by atoms with E-state index in [0.29, 0.717) is 12.3 Å². The topological polar surface area (TPSA) is 64.6 Å². The van der Waals surface area contributed by atoms with Crippen molar-refractivity contribution in [2.75, 3.05) is 7.11 Å². The average molecular weight is 257 g/mol. The van der Waals surface area contributed by atoms with Crippen LogP contribution in [0.1, 0.15) is 46.5 Å². The highest BCUT2D eigenvalue weighted by molar-refractivity contribution is 5.81. The van der Waals surface area contributed by atoms with Gasteiger partial charge in [0.05, 0.1) is 7.11 Å². The van der Waals surface area contributed by atoms with E-state index in [1.54, 1.807) is 20.8 Å². The first kappa shape index (κ1) is 14.8. The molecule has 5 nitrogen and oxygen atoms in total. The minimum absolute atomic E-state index is 0.415. The van der Waals surface area contributed by atoms with Crippen LogP contribution in [0.15, 0.2) is 0 Å². The van der Waals surface area contributed by atoms with E-state index in [9.17, 15) is 9.59 Å². The predicted octanol–water partition coefficient (Wildman–Crippen LogP) is 2.24. The molecule has 0 bridgehead atoms. The Morgan fingerprint density at radius 2 is 1.94 bits per heavy atom. The van der Waals surface area contributed by atoms with E-state index in [2.05, 4.69) is 10.1 Å². The van der Waals surface area contributed by atoms with Gasteiger partial charge < -0.3 is 14.8 Å². The number of methoxy groups -OCH3 is 1. The first-order valence-electron chi connectivity index (χ1n) is 6.39. The molecule has 0 aromatic heterocycles. The normalized spacial score (nSPS) is 16.9. The summed E-state index contributed by atoms with van der Waals surface area (Å²) >= 11 is 0. The average Bonchev–Trinajstić information content (AvgIpc) is 3.04. The number of hydrogen-bond donors (Lipinski definition) is 1. The van der Waals surface area contributed by atoms with Gasteiger partial charge >= 0.3 is 12.1 Å². The van der Waals surface area contributed by atoms with E-state index < -0.39 is 23.7 Å². The Morgan fingerprint density at radius 1 is 1.33 bits per heavy atom. The van der Waals surface area contributed by atoms with Crippen LogP contribution < -0.4 is 5.32 Å². The summed E-state index contributed by atoms with van der Waals surface area (Å²) in [7, 11) is 1.32. The van der Waals surface area contributed by atoms with Crippen molar-refractivity contribution in [1.82, 2.24) is 5.32 Å². The van der Waals surface area contributed by atoms with Crippen molar-refractivity contribution < 1.29 is 19.1 Å². The highest BCUT2D eigenvalue weighted by Gasteiger charge is 2.28. The van der Waals surface area contributed by atoms with E-state index in [4.69, 9.17) is 4.74 Å². The molecule has 1 atom stereocenters. The van der Waals surface area contributed by atoms with Gasteiger partial charge in [0.1, 0.15) is 11.6 Å². The van der Waals surface area contributed by atoms with Crippen molar-refractivity contribution in [2.45, 2.75) is 58.1 Å². The molecule has 0 spiro atoms. The molecular formula is C13H23NO4. The predicted molar refractivity (Wildman–Crippen MR) is 67.1 cm³/mol. The lowest BCUT2D eigenvalue weighted by molar-refractivity contribution is -0.143. The largest absolute Gasteiger partial charge is 0.467 e. The van der Waals surface area contributed by atoms with E-state index in [0.717, 1.165) is 6.42 Å². The van der Waals surface area contributed by atoms with Crippen LogP contribution in [0.5, 0.6) is 0 Å². The van der Waals surface area contributed by atoms with Crippen LogP contribution in [0.25, 0.3) is 0 Å². The first-order chi connectivity index (χ1) is 8.31. The van der Waals surface area contributed by atoms with Gasteiger partial charge in [-0.3, -0.25) is 0 Å². The molecule has 1 aliphatic rings. The molecule has 0 aromatic rings. The zero-order valence-corrected chi connectivity index (χ0v) is 11.6. The number of esters is 1. The Bertz CT molecular complexity index is 305. The van der Waals surface area contributed by atoms with Crippen LogP contribution in [0.4, 0.5) is 4.79 Å². The third-order valence-corrected chi connectivity index (χ3v) is 2.74. The summed E-state index contributed by atoms with van der Waals surface area (Å²) in [4.78, 5) is 23.2. The molecular weight excluding hydrogens is 234 g/mol. The van der Waals surface area contributed by atoms with Gasteiger partial charge in [-0.15, -0.1) is 0 Å². The third kappa shape index (κ3) is 5.89.